The third-order valence-electron chi connectivity index (χ3n) is 2.31. The van der Waals surface area contributed by atoms with E-state index in [1.165, 1.54) is 0 Å². The van der Waals surface area contributed by atoms with Crippen LogP contribution in [0.1, 0.15) is 42.7 Å². The van der Waals surface area contributed by atoms with Gasteiger partial charge < -0.3 is 10.6 Å². The Hall–Kier alpha value is -1.58. The molecule has 17 heavy (non-hydrogen) atoms. The third-order valence-corrected chi connectivity index (χ3v) is 2.31. The summed E-state index contributed by atoms with van der Waals surface area (Å²) in [5.41, 5.74) is 1.53. The van der Waals surface area contributed by atoms with Gasteiger partial charge in [-0.15, -0.1) is 0 Å². The minimum atomic E-state index is -0.0306. The van der Waals surface area contributed by atoms with Crippen molar-refractivity contribution >= 4 is 11.7 Å². The second-order valence-electron chi connectivity index (χ2n) is 4.07. The maximum Gasteiger partial charge on any atom is 0.251 e. The fraction of sp³-hybridized carbons (Fsp3) is 0.538. The van der Waals surface area contributed by atoms with E-state index in [2.05, 4.69) is 22.5 Å². The number of pyridine rings is 1. The first kappa shape index (κ1) is 13.5. The Balaban J connectivity index is 2.77. The number of hydrogen-bond acceptors (Lipinski definition) is 3. The molecule has 0 saturated carbocycles. The maximum absolute atomic E-state index is 11.8. The summed E-state index contributed by atoms with van der Waals surface area (Å²) in [5, 5.41) is 6.06. The fourth-order valence-corrected chi connectivity index (χ4v) is 1.48. The van der Waals surface area contributed by atoms with Crippen molar-refractivity contribution in [1.29, 1.82) is 0 Å². The first-order valence-corrected chi connectivity index (χ1v) is 6.18. The molecule has 0 aliphatic carbocycles. The van der Waals surface area contributed by atoms with Crippen LogP contribution >= 0.6 is 0 Å². The maximum atomic E-state index is 11.8. The lowest BCUT2D eigenvalue weighted by atomic mass is 10.2. The van der Waals surface area contributed by atoms with E-state index in [0.717, 1.165) is 30.9 Å². The van der Waals surface area contributed by atoms with Crippen molar-refractivity contribution in [2.45, 2.75) is 33.6 Å². The second kappa shape index (κ2) is 6.89. The van der Waals surface area contributed by atoms with Crippen LogP contribution in [0.3, 0.4) is 0 Å². The lowest BCUT2D eigenvalue weighted by Crippen LogP contribution is -2.24. The highest BCUT2D eigenvalue weighted by Gasteiger charge is 2.07. The van der Waals surface area contributed by atoms with Crippen molar-refractivity contribution in [2.75, 3.05) is 18.4 Å². The number of aryl methyl sites for hydroxylation is 1. The molecule has 0 radical (unpaired) electrons. The van der Waals surface area contributed by atoms with Gasteiger partial charge in [-0.05, 0) is 31.9 Å². The van der Waals surface area contributed by atoms with Crippen molar-refractivity contribution in [3.05, 3.63) is 23.4 Å². The summed E-state index contributed by atoms with van der Waals surface area (Å²) < 4.78 is 0. The molecule has 0 aliphatic rings. The van der Waals surface area contributed by atoms with Crippen LogP contribution < -0.4 is 10.6 Å². The molecular weight excluding hydrogens is 214 g/mol. The molecule has 0 aliphatic heterocycles. The Kier molecular flexibility index (Phi) is 5.46. The smallest absolute Gasteiger partial charge is 0.251 e. The van der Waals surface area contributed by atoms with Gasteiger partial charge in [-0.2, -0.15) is 0 Å². The van der Waals surface area contributed by atoms with E-state index in [1.54, 1.807) is 6.07 Å². The molecule has 1 aromatic heterocycles. The fourth-order valence-electron chi connectivity index (χ4n) is 1.48. The molecule has 1 rings (SSSR count). The summed E-state index contributed by atoms with van der Waals surface area (Å²) in [6.07, 6.45) is 1.98. The number of nitrogens with one attached hydrogen (secondary N) is 2. The van der Waals surface area contributed by atoms with E-state index in [1.807, 2.05) is 19.9 Å². The molecule has 0 fully saturated rings. The molecule has 0 atom stereocenters. The predicted octanol–water partition coefficient (Wildman–Crippen LogP) is 2.35. The molecule has 2 N–H and O–H groups in total. The molecule has 0 saturated heterocycles. The van der Waals surface area contributed by atoms with Gasteiger partial charge in [0.15, 0.2) is 0 Å². The standard InChI is InChI=1S/C13H21N3O/c1-4-6-14-12-9-11(8-10(3)16-12)13(17)15-7-5-2/h8-9H,4-7H2,1-3H3,(H,14,16)(H,15,17). The largest absolute Gasteiger partial charge is 0.370 e. The minimum absolute atomic E-state index is 0.0306. The Bertz CT molecular complexity index is 377. The minimum Gasteiger partial charge on any atom is -0.370 e. The summed E-state index contributed by atoms with van der Waals surface area (Å²) in [7, 11) is 0. The average Bonchev–Trinajstić information content (AvgIpc) is 2.32. The molecule has 94 valence electrons. The quantitative estimate of drug-likeness (QED) is 0.795. The van der Waals surface area contributed by atoms with Gasteiger partial charge in [-0.25, -0.2) is 4.98 Å². The normalized spacial score (nSPS) is 10.1. The van der Waals surface area contributed by atoms with Crippen LogP contribution in [0.25, 0.3) is 0 Å². The number of aromatic nitrogens is 1. The first-order valence-electron chi connectivity index (χ1n) is 6.18. The molecule has 0 bridgehead atoms. The number of nitrogens with zero attached hydrogens (tertiary/aromatic N) is 1. The molecule has 4 heteroatoms. The zero-order chi connectivity index (χ0) is 12.7. The summed E-state index contributed by atoms with van der Waals surface area (Å²) in [6.45, 7) is 7.60. The number of rotatable bonds is 6. The van der Waals surface area contributed by atoms with Crippen LogP contribution in [0, 0.1) is 6.92 Å². The van der Waals surface area contributed by atoms with Crippen LogP contribution in [0.4, 0.5) is 5.82 Å². The lowest BCUT2D eigenvalue weighted by molar-refractivity contribution is 0.0953. The van der Waals surface area contributed by atoms with E-state index in [0.29, 0.717) is 12.1 Å². The third kappa shape index (κ3) is 4.43. The van der Waals surface area contributed by atoms with Gasteiger partial charge in [0, 0.05) is 24.3 Å². The van der Waals surface area contributed by atoms with Gasteiger partial charge in [-0.1, -0.05) is 13.8 Å². The molecule has 1 amide bonds. The number of amides is 1. The lowest BCUT2D eigenvalue weighted by Gasteiger charge is -2.08. The van der Waals surface area contributed by atoms with Gasteiger partial charge in [-0.3, -0.25) is 4.79 Å². The van der Waals surface area contributed by atoms with Gasteiger partial charge in [0.25, 0.3) is 5.91 Å². The zero-order valence-electron chi connectivity index (χ0n) is 10.8. The molecule has 0 unspecified atom stereocenters. The van der Waals surface area contributed by atoms with Crippen molar-refractivity contribution in [3.63, 3.8) is 0 Å². The van der Waals surface area contributed by atoms with E-state index in [4.69, 9.17) is 0 Å². The monoisotopic (exact) mass is 235 g/mol. The van der Waals surface area contributed by atoms with Crippen LogP contribution in [-0.2, 0) is 0 Å². The number of hydrogen-bond donors (Lipinski definition) is 2. The number of anilines is 1. The zero-order valence-corrected chi connectivity index (χ0v) is 10.8. The van der Waals surface area contributed by atoms with Crippen LogP contribution in [-0.4, -0.2) is 24.0 Å². The Morgan fingerprint density at radius 1 is 1.24 bits per heavy atom. The van der Waals surface area contributed by atoms with E-state index in [9.17, 15) is 4.79 Å². The van der Waals surface area contributed by atoms with Crippen LogP contribution in [0.15, 0.2) is 12.1 Å². The highest BCUT2D eigenvalue weighted by molar-refractivity contribution is 5.94. The Morgan fingerprint density at radius 2 is 1.94 bits per heavy atom. The topological polar surface area (TPSA) is 54.0 Å². The number of carbonyl (C=O) groups excluding carboxylic acids is 1. The van der Waals surface area contributed by atoms with Gasteiger partial charge >= 0.3 is 0 Å². The SMILES string of the molecule is CCCNC(=O)c1cc(C)nc(NCCC)c1. The van der Waals surface area contributed by atoms with Crippen molar-refractivity contribution in [2.24, 2.45) is 0 Å². The highest BCUT2D eigenvalue weighted by atomic mass is 16.1. The highest BCUT2D eigenvalue weighted by Crippen LogP contribution is 2.10. The Morgan fingerprint density at radius 3 is 2.59 bits per heavy atom. The summed E-state index contributed by atoms with van der Waals surface area (Å²) >= 11 is 0. The van der Waals surface area contributed by atoms with E-state index < -0.39 is 0 Å². The van der Waals surface area contributed by atoms with Gasteiger partial charge in [0.1, 0.15) is 5.82 Å². The molecule has 4 nitrogen and oxygen atoms in total. The summed E-state index contributed by atoms with van der Waals surface area (Å²) in [4.78, 5) is 16.2. The van der Waals surface area contributed by atoms with E-state index in [-0.39, 0.29) is 5.91 Å². The summed E-state index contributed by atoms with van der Waals surface area (Å²) in [5.74, 6) is 0.741. The van der Waals surface area contributed by atoms with Crippen molar-refractivity contribution < 1.29 is 4.79 Å². The summed E-state index contributed by atoms with van der Waals surface area (Å²) in [6, 6.07) is 3.61. The molecule has 1 heterocycles. The Labute approximate surface area is 103 Å². The van der Waals surface area contributed by atoms with Crippen molar-refractivity contribution in [1.82, 2.24) is 10.3 Å². The van der Waals surface area contributed by atoms with Crippen LogP contribution in [0.2, 0.25) is 0 Å². The number of carbonyl (C=O) groups is 1. The molecule has 1 aromatic rings. The van der Waals surface area contributed by atoms with Gasteiger partial charge in [0.2, 0.25) is 0 Å². The van der Waals surface area contributed by atoms with Crippen LogP contribution in [0.5, 0.6) is 0 Å². The van der Waals surface area contributed by atoms with Gasteiger partial charge in [0.05, 0.1) is 0 Å². The molecule has 0 aromatic carbocycles. The molecular formula is C13H21N3O. The second-order valence-corrected chi connectivity index (χ2v) is 4.07. The van der Waals surface area contributed by atoms with Crippen molar-refractivity contribution in [3.8, 4) is 0 Å². The van der Waals surface area contributed by atoms with E-state index >= 15 is 0 Å². The predicted molar refractivity (Wildman–Crippen MR) is 70.4 cm³/mol. The first-order chi connectivity index (χ1) is 8.17. The average molecular weight is 235 g/mol. The molecule has 0 spiro atoms.